The Morgan fingerprint density at radius 3 is 2.88 bits per heavy atom. The Bertz CT molecular complexity index is 798. The number of aryl methyl sites for hydroxylation is 1. The molecular weight excluding hydrogens is 316 g/mol. The summed E-state index contributed by atoms with van der Waals surface area (Å²) < 4.78 is 13.4. The van der Waals surface area contributed by atoms with Crippen molar-refractivity contribution in [1.82, 2.24) is 19.9 Å². The van der Waals surface area contributed by atoms with Gasteiger partial charge in [-0.15, -0.1) is 5.10 Å². The fourth-order valence-electron chi connectivity index (χ4n) is 3.36. The molecule has 1 aliphatic rings. The van der Waals surface area contributed by atoms with E-state index in [9.17, 15) is 0 Å². The second-order valence-corrected chi connectivity index (χ2v) is 6.36. The van der Waals surface area contributed by atoms with Crippen LogP contribution >= 0.6 is 0 Å². The average molecular weight is 338 g/mol. The van der Waals surface area contributed by atoms with Crippen LogP contribution in [-0.2, 0) is 31.4 Å². The molecule has 6 nitrogen and oxygen atoms in total. The van der Waals surface area contributed by atoms with Gasteiger partial charge in [-0.05, 0) is 17.7 Å². The fourth-order valence-corrected chi connectivity index (χ4v) is 3.36. The molecule has 0 spiro atoms. The van der Waals surface area contributed by atoms with Gasteiger partial charge in [-0.2, -0.15) is 0 Å². The maximum Gasteiger partial charge on any atom is 0.117 e. The predicted octanol–water partition coefficient (Wildman–Crippen LogP) is 2.72. The SMILES string of the molecule is Cn1nnc2c1CCN(Cc1ccco1)[C@H]2COCc1ccccc1. The van der Waals surface area contributed by atoms with Crippen LogP contribution in [0.1, 0.15) is 28.8 Å². The standard InChI is InChI=1S/C19H22N4O2/c1-22-17-9-10-23(12-16-8-5-11-25-16)18(19(17)20-21-22)14-24-13-15-6-3-2-4-7-15/h2-8,11,18H,9-10,12-14H2,1H3/t18-/m0/s1. The molecule has 3 aromatic rings. The second kappa shape index (κ2) is 7.21. The monoisotopic (exact) mass is 338 g/mol. The van der Waals surface area contributed by atoms with Gasteiger partial charge in [0.2, 0.25) is 0 Å². The summed E-state index contributed by atoms with van der Waals surface area (Å²) in [6.07, 6.45) is 2.66. The predicted molar refractivity (Wildman–Crippen MR) is 92.7 cm³/mol. The molecule has 1 atom stereocenters. The Kier molecular flexibility index (Phi) is 4.63. The molecule has 0 N–H and O–H groups in total. The summed E-state index contributed by atoms with van der Waals surface area (Å²) in [6.45, 7) is 2.87. The summed E-state index contributed by atoms with van der Waals surface area (Å²) in [6, 6.07) is 14.3. The number of nitrogens with zero attached hydrogens (tertiary/aromatic N) is 4. The molecule has 0 bridgehead atoms. The number of rotatable bonds is 6. The third kappa shape index (κ3) is 3.50. The number of hydrogen-bond acceptors (Lipinski definition) is 5. The van der Waals surface area contributed by atoms with E-state index >= 15 is 0 Å². The maximum atomic E-state index is 6.03. The highest BCUT2D eigenvalue weighted by atomic mass is 16.5. The van der Waals surface area contributed by atoms with Crippen LogP contribution < -0.4 is 0 Å². The molecular formula is C19H22N4O2. The zero-order valence-electron chi connectivity index (χ0n) is 14.3. The number of furan rings is 1. The van der Waals surface area contributed by atoms with Crippen LogP contribution in [-0.4, -0.2) is 33.0 Å². The van der Waals surface area contributed by atoms with E-state index in [0.29, 0.717) is 13.2 Å². The Morgan fingerprint density at radius 2 is 2.08 bits per heavy atom. The summed E-state index contributed by atoms with van der Waals surface area (Å²) in [4.78, 5) is 2.36. The van der Waals surface area contributed by atoms with Gasteiger partial charge in [0.1, 0.15) is 11.5 Å². The minimum absolute atomic E-state index is 0.0891. The molecule has 0 fully saturated rings. The first-order valence-electron chi connectivity index (χ1n) is 8.58. The smallest absolute Gasteiger partial charge is 0.117 e. The molecule has 0 unspecified atom stereocenters. The van der Waals surface area contributed by atoms with E-state index in [-0.39, 0.29) is 6.04 Å². The van der Waals surface area contributed by atoms with Gasteiger partial charge in [0.25, 0.3) is 0 Å². The second-order valence-electron chi connectivity index (χ2n) is 6.36. The summed E-state index contributed by atoms with van der Waals surface area (Å²) in [5.41, 5.74) is 3.40. The van der Waals surface area contributed by atoms with Crippen molar-refractivity contribution in [3.05, 3.63) is 71.4 Å². The summed E-state index contributed by atoms with van der Waals surface area (Å²) >= 11 is 0. The first-order valence-corrected chi connectivity index (χ1v) is 8.58. The Hall–Kier alpha value is -2.44. The molecule has 1 aromatic carbocycles. The van der Waals surface area contributed by atoms with Crippen LogP contribution in [0.2, 0.25) is 0 Å². The van der Waals surface area contributed by atoms with Gasteiger partial charge >= 0.3 is 0 Å². The van der Waals surface area contributed by atoms with Gasteiger partial charge in [-0.25, -0.2) is 0 Å². The van der Waals surface area contributed by atoms with Crippen LogP contribution in [0.4, 0.5) is 0 Å². The highest BCUT2D eigenvalue weighted by molar-refractivity contribution is 5.19. The van der Waals surface area contributed by atoms with Gasteiger partial charge in [-0.1, -0.05) is 35.5 Å². The topological polar surface area (TPSA) is 56.3 Å². The quantitative estimate of drug-likeness (QED) is 0.692. The number of aromatic nitrogens is 3. The third-order valence-electron chi connectivity index (χ3n) is 4.69. The molecule has 0 radical (unpaired) electrons. The van der Waals surface area contributed by atoms with Crippen molar-refractivity contribution in [3.63, 3.8) is 0 Å². The molecule has 130 valence electrons. The molecule has 6 heteroatoms. The van der Waals surface area contributed by atoms with Crippen molar-refractivity contribution >= 4 is 0 Å². The van der Waals surface area contributed by atoms with Gasteiger partial charge in [0, 0.05) is 20.0 Å². The highest BCUT2D eigenvalue weighted by Crippen LogP contribution is 2.29. The molecule has 3 heterocycles. The van der Waals surface area contributed by atoms with Crippen LogP contribution in [0.15, 0.2) is 53.1 Å². The molecule has 1 aliphatic heterocycles. The molecule has 4 rings (SSSR count). The van der Waals surface area contributed by atoms with Gasteiger partial charge in [0.05, 0.1) is 37.8 Å². The molecule has 2 aromatic heterocycles. The lowest BCUT2D eigenvalue weighted by Gasteiger charge is -2.33. The van der Waals surface area contributed by atoms with E-state index in [1.807, 2.05) is 42.1 Å². The van der Waals surface area contributed by atoms with Crippen LogP contribution in [0.25, 0.3) is 0 Å². The molecule has 0 saturated carbocycles. The number of ether oxygens (including phenoxy) is 1. The molecule has 0 aliphatic carbocycles. The number of hydrogen-bond donors (Lipinski definition) is 0. The van der Waals surface area contributed by atoms with Crippen molar-refractivity contribution in [2.75, 3.05) is 13.2 Å². The molecule has 0 amide bonds. The Balaban J connectivity index is 1.49. The fraction of sp³-hybridized carbons (Fsp3) is 0.368. The summed E-state index contributed by atoms with van der Waals surface area (Å²) in [5, 5.41) is 8.61. The normalized spacial score (nSPS) is 17.6. The van der Waals surface area contributed by atoms with Crippen molar-refractivity contribution in [2.24, 2.45) is 7.05 Å². The van der Waals surface area contributed by atoms with E-state index in [4.69, 9.17) is 9.15 Å². The first-order chi connectivity index (χ1) is 12.3. The van der Waals surface area contributed by atoms with Crippen molar-refractivity contribution in [2.45, 2.75) is 25.6 Å². The average Bonchev–Trinajstić information content (AvgIpc) is 3.28. The molecule has 0 saturated heterocycles. The zero-order chi connectivity index (χ0) is 17.1. The molecule has 25 heavy (non-hydrogen) atoms. The van der Waals surface area contributed by atoms with Crippen molar-refractivity contribution in [1.29, 1.82) is 0 Å². The lowest BCUT2D eigenvalue weighted by Crippen LogP contribution is -2.38. The lowest BCUT2D eigenvalue weighted by atomic mass is 10.0. The van der Waals surface area contributed by atoms with E-state index in [1.54, 1.807) is 6.26 Å². The minimum Gasteiger partial charge on any atom is -0.468 e. The van der Waals surface area contributed by atoms with Gasteiger partial charge in [-0.3, -0.25) is 9.58 Å². The van der Waals surface area contributed by atoms with E-state index in [0.717, 1.165) is 31.0 Å². The highest BCUT2D eigenvalue weighted by Gasteiger charge is 2.32. The van der Waals surface area contributed by atoms with Crippen LogP contribution in [0.5, 0.6) is 0 Å². The van der Waals surface area contributed by atoms with Gasteiger partial charge in [0.15, 0.2) is 0 Å². The lowest BCUT2D eigenvalue weighted by molar-refractivity contribution is 0.0361. The Morgan fingerprint density at radius 1 is 1.20 bits per heavy atom. The Labute approximate surface area is 147 Å². The third-order valence-corrected chi connectivity index (χ3v) is 4.69. The summed E-state index contributed by atoms with van der Waals surface area (Å²) in [7, 11) is 1.95. The van der Waals surface area contributed by atoms with Gasteiger partial charge < -0.3 is 9.15 Å². The zero-order valence-corrected chi connectivity index (χ0v) is 14.3. The van der Waals surface area contributed by atoms with Crippen molar-refractivity contribution in [3.8, 4) is 0 Å². The minimum atomic E-state index is 0.0891. The largest absolute Gasteiger partial charge is 0.468 e. The van der Waals surface area contributed by atoms with E-state index < -0.39 is 0 Å². The van der Waals surface area contributed by atoms with Crippen molar-refractivity contribution < 1.29 is 9.15 Å². The summed E-state index contributed by atoms with van der Waals surface area (Å²) in [5.74, 6) is 0.959. The number of fused-ring (bicyclic) bond motifs is 1. The number of benzene rings is 1. The van der Waals surface area contributed by atoms with Crippen LogP contribution in [0.3, 0.4) is 0 Å². The maximum absolute atomic E-state index is 6.03. The first kappa shape index (κ1) is 16.1. The van der Waals surface area contributed by atoms with E-state index in [2.05, 4.69) is 27.3 Å². The van der Waals surface area contributed by atoms with E-state index in [1.165, 1.54) is 11.3 Å². The van der Waals surface area contributed by atoms with Crippen LogP contribution in [0, 0.1) is 0 Å².